The van der Waals surface area contributed by atoms with Crippen molar-refractivity contribution in [2.24, 2.45) is 5.92 Å². The van der Waals surface area contributed by atoms with Crippen LogP contribution in [0.2, 0.25) is 0 Å². The highest BCUT2D eigenvalue weighted by Gasteiger charge is 2.25. The number of aromatic nitrogens is 1. The topological polar surface area (TPSA) is 34.0 Å². The number of hydrogen-bond donors (Lipinski definition) is 1. The molecule has 0 fully saturated rings. The molecule has 4 heteroatoms. The van der Waals surface area contributed by atoms with E-state index in [0.29, 0.717) is 24.6 Å². The van der Waals surface area contributed by atoms with Gasteiger partial charge < -0.3 is 9.88 Å². The number of nitrogens with zero attached hydrogens (tertiary/aromatic N) is 1. The molecule has 4 rings (SSSR count). The Kier molecular flexibility index (Phi) is 6.69. The number of rotatable bonds is 8. The highest BCUT2D eigenvalue weighted by molar-refractivity contribution is 5.86. The average molecular weight is 429 g/mol. The van der Waals surface area contributed by atoms with Crippen molar-refractivity contribution in [3.63, 3.8) is 0 Å². The predicted molar refractivity (Wildman–Crippen MR) is 128 cm³/mol. The maximum atomic E-state index is 14.9. The minimum atomic E-state index is -0.370. The SMILES string of the molecule is CC(C)CNC(=O)CC(c1ccccc1F)c1cn(Cc2ccccc2)c2ccccc12. The summed E-state index contributed by atoms with van der Waals surface area (Å²) in [6, 6.07) is 25.2. The molecule has 0 radical (unpaired) electrons. The molecular weight excluding hydrogens is 399 g/mol. The summed E-state index contributed by atoms with van der Waals surface area (Å²) in [7, 11) is 0. The Bertz CT molecular complexity index is 1200. The Hall–Kier alpha value is -3.40. The molecule has 3 aromatic carbocycles. The maximum absolute atomic E-state index is 14.9. The molecule has 0 bridgehead atoms. The van der Waals surface area contributed by atoms with Gasteiger partial charge in [-0.1, -0.05) is 80.6 Å². The van der Waals surface area contributed by atoms with Crippen LogP contribution in [-0.4, -0.2) is 17.0 Å². The number of nitrogens with one attached hydrogen (secondary N) is 1. The Balaban J connectivity index is 1.77. The van der Waals surface area contributed by atoms with Crippen LogP contribution in [-0.2, 0) is 11.3 Å². The van der Waals surface area contributed by atoms with Crippen LogP contribution >= 0.6 is 0 Å². The second-order valence-electron chi connectivity index (χ2n) is 8.69. The molecule has 1 aromatic heterocycles. The van der Waals surface area contributed by atoms with Gasteiger partial charge in [0.25, 0.3) is 0 Å². The minimum absolute atomic E-state index is 0.0631. The quantitative estimate of drug-likeness (QED) is 0.360. The number of amides is 1. The first-order valence-electron chi connectivity index (χ1n) is 11.2. The van der Waals surface area contributed by atoms with Gasteiger partial charge in [-0.25, -0.2) is 4.39 Å². The van der Waals surface area contributed by atoms with Crippen molar-refractivity contribution in [1.29, 1.82) is 0 Å². The van der Waals surface area contributed by atoms with Crippen molar-refractivity contribution in [1.82, 2.24) is 9.88 Å². The van der Waals surface area contributed by atoms with Gasteiger partial charge in [0, 0.05) is 42.5 Å². The zero-order valence-electron chi connectivity index (χ0n) is 18.6. The van der Waals surface area contributed by atoms with Gasteiger partial charge >= 0.3 is 0 Å². The number of para-hydroxylation sites is 1. The van der Waals surface area contributed by atoms with E-state index in [9.17, 15) is 9.18 Å². The van der Waals surface area contributed by atoms with Gasteiger partial charge in [0.1, 0.15) is 5.82 Å². The van der Waals surface area contributed by atoms with Gasteiger partial charge in [0.05, 0.1) is 0 Å². The fourth-order valence-corrected chi connectivity index (χ4v) is 4.18. The molecule has 1 N–H and O–H groups in total. The molecule has 0 spiro atoms. The van der Waals surface area contributed by atoms with E-state index in [4.69, 9.17) is 0 Å². The van der Waals surface area contributed by atoms with Crippen LogP contribution in [0, 0.1) is 11.7 Å². The fraction of sp³-hybridized carbons (Fsp3) is 0.250. The highest BCUT2D eigenvalue weighted by atomic mass is 19.1. The number of carbonyl (C=O) groups excluding carboxylic acids is 1. The van der Waals surface area contributed by atoms with E-state index in [1.54, 1.807) is 12.1 Å². The molecule has 32 heavy (non-hydrogen) atoms. The monoisotopic (exact) mass is 428 g/mol. The number of hydrogen-bond acceptors (Lipinski definition) is 1. The highest BCUT2D eigenvalue weighted by Crippen LogP contribution is 2.36. The van der Waals surface area contributed by atoms with Crippen molar-refractivity contribution < 1.29 is 9.18 Å². The zero-order valence-corrected chi connectivity index (χ0v) is 18.6. The van der Waals surface area contributed by atoms with Crippen LogP contribution in [0.1, 0.15) is 42.9 Å². The lowest BCUT2D eigenvalue weighted by atomic mass is 9.87. The molecule has 0 saturated heterocycles. The van der Waals surface area contributed by atoms with E-state index < -0.39 is 0 Å². The normalized spacial score (nSPS) is 12.2. The number of halogens is 1. The molecule has 1 amide bonds. The molecule has 1 unspecified atom stereocenters. The summed E-state index contributed by atoms with van der Waals surface area (Å²) in [5.41, 5.74) is 3.79. The Morgan fingerprint density at radius 3 is 2.34 bits per heavy atom. The van der Waals surface area contributed by atoms with Crippen LogP contribution < -0.4 is 5.32 Å². The summed E-state index contributed by atoms with van der Waals surface area (Å²) in [4.78, 5) is 12.8. The number of benzene rings is 3. The first-order valence-corrected chi connectivity index (χ1v) is 11.2. The zero-order chi connectivity index (χ0) is 22.5. The molecule has 0 aliphatic carbocycles. The minimum Gasteiger partial charge on any atom is -0.356 e. The second kappa shape index (κ2) is 9.82. The van der Waals surface area contributed by atoms with Gasteiger partial charge in [-0.15, -0.1) is 0 Å². The lowest BCUT2D eigenvalue weighted by Crippen LogP contribution is -2.29. The van der Waals surface area contributed by atoms with Crippen LogP contribution in [0.4, 0.5) is 4.39 Å². The Morgan fingerprint density at radius 2 is 1.59 bits per heavy atom. The summed E-state index contributed by atoms with van der Waals surface area (Å²) >= 11 is 0. The lowest BCUT2D eigenvalue weighted by Gasteiger charge is -2.18. The smallest absolute Gasteiger partial charge is 0.220 e. The van der Waals surface area contributed by atoms with Crippen LogP contribution in [0.15, 0.2) is 85.1 Å². The fourth-order valence-electron chi connectivity index (χ4n) is 4.18. The summed E-state index contributed by atoms with van der Waals surface area (Å²) in [6.07, 6.45) is 2.29. The largest absolute Gasteiger partial charge is 0.356 e. The van der Waals surface area contributed by atoms with Crippen molar-refractivity contribution in [3.05, 3.63) is 108 Å². The molecular formula is C28H29FN2O. The van der Waals surface area contributed by atoms with Crippen LogP contribution in [0.25, 0.3) is 10.9 Å². The third-order valence-corrected chi connectivity index (χ3v) is 5.77. The third-order valence-electron chi connectivity index (χ3n) is 5.77. The van der Waals surface area contributed by atoms with E-state index in [1.165, 1.54) is 11.6 Å². The Morgan fingerprint density at radius 1 is 0.906 bits per heavy atom. The first-order chi connectivity index (χ1) is 15.5. The molecule has 3 nitrogen and oxygen atoms in total. The molecule has 1 atom stereocenters. The summed E-state index contributed by atoms with van der Waals surface area (Å²) in [5.74, 6) is -0.357. The van der Waals surface area contributed by atoms with Gasteiger partial charge in [-0.2, -0.15) is 0 Å². The van der Waals surface area contributed by atoms with E-state index in [0.717, 1.165) is 16.5 Å². The molecule has 0 aliphatic heterocycles. The van der Waals surface area contributed by atoms with Crippen molar-refractivity contribution >= 4 is 16.8 Å². The standard InChI is InChI=1S/C28H29FN2O/c1-20(2)17-30-28(32)16-24(22-12-6-8-14-26(22)29)25-19-31(18-21-10-4-3-5-11-21)27-15-9-7-13-23(25)27/h3-15,19-20,24H,16-18H2,1-2H3,(H,30,32). The molecule has 0 saturated carbocycles. The van der Waals surface area contributed by atoms with E-state index >= 15 is 0 Å². The van der Waals surface area contributed by atoms with Gasteiger partial charge in [0.15, 0.2) is 0 Å². The number of fused-ring (bicyclic) bond motifs is 1. The maximum Gasteiger partial charge on any atom is 0.220 e. The van der Waals surface area contributed by atoms with Crippen LogP contribution in [0.3, 0.4) is 0 Å². The van der Waals surface area contributed by atoms with Crippen molar-refractivity contribution in [2.45, 2.75) is 32.7 Å². The molecule has 4 aromatic rings. The van der Waals surface area contributed by atoms with Gasteiger partial charge in [-0.05, 0) is 34.7 Å². The predicted octanol–water partition coefficient (Wildman–Crippen LogP) is 6.12. The van der Waals surface area contributed by atoms with Crippen molar-refractivity contribution in [3.8, 4) is 0 Å². The molecule has 0 aliphatic rings. The first kappa shape index (κ1) is 21.8. The Labute approximate surface area is 188 Å². The van der Waals surface area contributed by atoms with Crippen molar-refractivity contribution in [2.75, 3.05) is 6.54 Å². The summed E-state index contributed by atoms with van der Waals surface area (Å²) in [5, 5.41) is 4.05. The summed E-state index contributed by atoms with van der Waals surface area (Å²) in [6.45, 7) is 5.45. The molecule has 164 valence electrons. The average Bonchev–Trinajstić information content (AvgIpc) is 3.15. The lowest BCUT2D eigenvalue weighted by molar-refractivity contribution is -0.121. The van der Waals surface area contributed by atoms with Gasteiger partial charge in [0.2, 0.25) is 5.91 Å². The summed E-state index contributed by atoms with van der Waals surface area (Å²) < 4.78 is 17.1. The van der Waals surface area contributed by atoms with Crippen LogP contribution in [0.5, 0.6) is 0 Å². The van der Waals surface area contributed by atoms with E-state index in [1.807, 2.05) is 36.4 Å². The second-order valence-corrected chi connectivity index (χ2v) is 8.69. The third kappa shape index (κ3) is 4.91. The number of carbonyl (C=O) groups is 1. The van der Waals surface area contributed by atoms with Gasteiger partial charge in [-0.3, -0.25) is 4.79 Å². The van der Waals surface area contributed by atoms with E-state index in [-0.39, 0.29) is 24.1 Å². The molecule has 1 heterocycles. The van der Waals surface area contributed by atoms with E-state index in [2.05, 4.69) is 54.2 Å².